The van der Waals surface area contributed by atoms with Gasteiger partial charge in [0.05, 0.1) is 6.20 Å². The summed E-state index contributed by atoms with van der Waals surface area (Å²) in [5, 5.41) is 11.5. The molecule has 128 valence electrons. The first kappa shape index (κ1) is 15.7. The van der Waals surface area contributed by atoms with Crippen LogP contribution in [0, 0.1) is 6.92 Å². The van der Waals surface area contributed by atoms with Crippen molar-refractivity contribution in [1.82, 2.24) is 25.2 Å². The Hall–Kier alpha value is -2.80. The van der Waals surface area contributed by atoms with E-state index in [4.69, 9.17) is 4.52 Å². The van der Waals surface area contributed by atoms with E-state index in [-0.39, 0.29) is 12.1 Å². The summed E-state index contributed by atoms with van der Waals surface area (Å²) >= 11 is 0. The first-order valence-corrected chi connectivity index (χ1v) is 8.35. The van der Waals surface area contributed by atoms with Crippen molar-refractivity contribution in [3.8, 4) is 0 Å². The molecule has 0 saturated carbocycles. The molecule has 0 saturated heterocycles. The number of aryl methyl sites for hydroxylation is 1. The molecule has 3 aromatic rings. The molecule has 7 heteroatoms. The quantitative estimate of drug-likeness (QED) is 0.770. The molecule has 0 bridgehead atoms. The van der Waals surface area contributed by atoms with Gasteiger partial charge in [-0.2, -0.15) is 10.1 Å². The molecule has 0 fully saturated rings. The van der Waals surface area contributed by atoms with Crippen LogP contribution in [0.1, 0.15) is 34.0 Å². The van der Waals surface area contributed by atoms with Crippen molar-refractivity contribution in [1.29, 1.82) is 0 Å². The van der Waals surface area contributed by atoms with E-state index >= 15 is 0 Å². The molecule has 25 heavy (non-hydrogen) atoms. The molecular formula is C18H19N5O2. The Bertz CT molecular complexity index is 960. The fraction of sp³-hybridized carbons (Fsp3) is 0.333. The molecule has 1 aromatic carbocycles. The first-order chi connectivity index (χ1) is 12.2. The first-order valence-electron chi connectivity index (χ1n) is 8.35. The van der Waals surface area contributed by atoms with E-state index < -0.39 is 0 Å². The van der Waals surface area contributed by atoms with E-state index in [1.165, 1.54) is 10.2 Å². The van der Waals surface area contributed by atoms with E-state index in [1.807, 2.05) is 12.1 Å². The third kappa shape index (κ3) is 3.23. The summed E-state index contributed by atoms with van der Waals surface area (Å²) in [6.07, 6.45) is 3.07. The number of rotatable bonds is 4. The largest absolute Gasteiger partial charge is 0.337 e. The summed E-state index contributed by atoms with van der Waals surface area (Å²) < 4.78 is 6.70. The van der Waals surface area contributed by atoms with Gasteiger partial charge in [0.15, 0.2) is 5.82 Å². The lowest BCUT2D eigenvalue weighted by Gasteiger charge is -2.16. The van der Waals surface area contributed by atoms with Gasteiger partial charge in [-0.25, -0.2) is 4.68 Å². The van der Waals surface area contributed by atoms with E-state index in [1.54, 1.807) is 6.20 Å². The fourth-order valence-corrected chi connectivity index (χ4v) is 3.06. The van der Waals surface area contributed by atoms with Crippen molar-refractivity contribution >= 4 is 0 Å². The Morgan fingerprint density at radius 2 is 2.20 bits per heavy atom. The van der Waals surface area contributed by atoms with Gasteiger partial charge in [0.1, 0.15) is 6.54 Å². The van der Waals surface area contributed by atoms with Crippen LogP contribution in [0.5, 0.6) is 0 Å². The van der Waals surface area contributed by atoms with Gasteiger partial charge < -0.3 is 9.84 Å². The lowest BCUT2D eigenvalue weighted by molar-refractivity contribution is 0.358. The lowest BCUT2D eigenvalue weighted by atomic mass is 10.1. The topological polar surface area (TPSA) is 85.8 Å². The van der Waals surface area contributed by atoms with Crippen LogP contribution < -0.4 is 10.9 Å². The van der Waals surface area contributed by atoms with Crippen LogP contribution in [0.3, 0.4) is 0 Å². The van der Waals surface area contributed by atoms with Crippen LogP contribution in [-0.4, -0.2) is 26.5 Å². The molecule has 4 rings (SSSR count). The minimum atomic E-state index is -0.0716. The van der Waals surface area contributed by atoms with Crippen molar-refractivity contribution in [3.05, 3.63) is 74.8 Å². The van der Waals surface area contributed by atoms with Gasteiger partial charge in [-0.15, -0.1) is 0 Å². The Morgan fingerprint density at radius 3 is 3.08 bits per heavy atom. The maximum absolute atomic E-state index is 12.5. The Labute approximate surface area is 144 Å². The molecular weight excluding hydrogens is 318 g/mol. The number of hydrogen-bond acceptors (Lipinski definition) is 6. The zero-order valence-corrected chi connectivity index (χ0v) is 14.0. The van der Waals surface area contributed by atoms with Crippen molar-refractivity contribution in [2.45, 2.75) is 32.9 Å². The minimum absolute atomic E-state index is 0.0716. The van der Waals surface area contributed by atoms with Gasteiger partial charge in [0.25, 0.3) is 5.56 Å². The van der Waals surface area contributed by atoms with Crippen LogP contribution in [0.4, 0.5) is 0 Å². The van der Waals surface area contributed by atoms with Crippen molar-refractivity contribution in [2.24, 2.45) is 0 Å². The maximum atomic E-state index is 12.5. The average molecular weight is 337 g/mol. The van der Waals surface area contributed by atoms with Crippen LogP contribution in [0.2, 0.25) is 0 Å². The molecule has 0 atom stereocenters. The molecule has 0 amide bonds. The number of nitrogens with zero attached hydrogens (tertiary/aromatic N) is 4. The Kier molecular flexibility index (Phi) is 4.15. The van der Waals surface area contributed by atoms with Crippen molar-refractivity contribution in [2.75, 3.05) is 6.54 Å². The van der Waals surface area contributed by atoms with Crippen LogP contribution in [0.15, 0.2) is 39.8 Å². The van der Waals surface area contributed by atoms with E-state index in [0.717, 1.165) is 29.7 Å². The summed E-state index contributed by atoms with van der Waals surface area (Å²) in [5.74, 6) is 1.01. The van der Waals surface area contributed by atoms with Gasteiger partial charge >= 0.3 is 0 Å². The summed E-state index contributed by atoms with van der Waals surface area (Å²) in [6, 6.07) is 8.11. The molecule has 2 aromatic heterocycles. The molecule has 1 aliphatic rings. The summed E-state index contributed by atoms with van der Waals surface area (Å²) in [5.41, 5.74) is 4.07. The normalized spacial score (nSPS) is 13.6. The number of aromatic nitrogens is 4. The molecule has 0 spiro atoms. The predicted octanol–water partition coefficient (Wildman–Crippen LogP) is 1.22. The van der Waals surface area contributed by atoms with Gasteiger partial charge in [-0.05, 0) is 36.6 Å². The number of hydrogen-bond donors (Lipinski definition) is 1. The van der Waals surface area contributed by atoms with Crippen LogP contribution in [-0.2, 0) is 25.9 Å². The number of nitrogens with one attached hydrogen (secondary N) is 1. The molecule has 0 radical (unpaired) electrons. The average Bonchev–Trinajstić information content (AvgIpc) is 3.07. The van der Waals surface area contributed by atoms with Crippen LogP contribution in [0.25, 0.3) is 0 Å². The highest BCUT2D eigenvalue weighted by atomic mass is 16.5. The van der Waals surface area contributed by atoms with Gasteiger partial charge in [0, 0.05) is 18.5 Å². The molecule has 1 aliphatic heterocycles. The lowest BCUT2D eigenvalue weighted by Crippen LogP contribution is -2.34. The summed E-state index contributed by atoms with van der Waals surface area (Å²) in [7, 11) is 0. The number of fused-ring (bicyclic) bond motifs is 1. The van der Waals surface area contributed by atoms with E-state index in [9.17, 15) is 4.79 Å². The molecule has 1 N–H and O–H groups in total. The molecule has 7 nitrogen and oxygen atoms in total. The standard InChI is InChI=1S/C18H19N5O2/c1-12-4-2-3-5-13(12)8-16-21-17(25-22-16)11-23-18(24)15-6-7-19-9-14(15)10-20-23/h2-5,10,19H,6-9,11H2,1H3. The van der Waals surface area contributed by atoms with Gasteiger partial charge in [0.2, 0.25) is 5.89 Å². The van der Waals surface area contributed by atoms with E-state index in [0.29, 0.717) is 24.7 Å². The second kappa shape index (κ2) is 6.60. The summed E-state index contributed by atoms with van der Waals surface area (Å²) in [6.45, 7) is 3.76. The van der Waals surface area contributed by atoms with Gasteiger partial charge in [-0.1, -0.05) is 29.4 Å². The zero-order chi connectivity index (χ0) is 17.2. The predicted molar refractivity (Wildman–Crippen MR) is 91.3 cm³/mol. The SMILES string of the molecule is Cc1ccccc1Cc1noc(Cn2ncc3c(c2=O)CCNC3)n1. The highest BCUT2D eigenvalue weighted by Crippen LogP contribution is 2.12. The summed E-state index contributed by atoms with van der Waals surface area (Å²) in [4.78, 5) is 16.9. The molecule has 0 unspecified atom stereocenters. The Morgan fingerprint density at radius 1 is 1.32 bits per heavy atom. The second-order valence-corrected chi connectivity index (χ2v) is 6.25. The third-order valence-corrected chi connectivity index (χ3v) is 4.51. The monoisotopic (exact) mass is 337 g/mol. The fourth-order valence-electron chi connectivity index (χ4n) is 3.06. The smallest absolute Gasteiger partial charge is 0.270 e. The van der Waals surface area contributed by atoms with Crippen molar-refractivity contribution in [3.63, 3.8) is 0 Å². The third-order valence-electron chi connectivity index (χ3n) is 4.51. The zero-order valence-electron chi connectivity index (χ0n) is 14.0. The van der Waals surface area contributed by atoms with Crippen molar-refractivity contribution < 1.29 is 4.52 Å². The molecule has 0 aliphatic carbocycles. The number of benzene rings is 1. The second-order valence-electron chi connectivity index (χ2n) is 6.25. The maximum Gasteiger partial charge on any atom is 0.270 e. The van der Waals surface area contributed by atoms with E-state index in [2.05, 4.69) is 39.6 Å². The Balaban J connectivity index is 1.54. The van der Waals surface area contributed by atoms with Gasteiger partial charge in [-0.3, -0.25) is 4.79 Å². The molecule has 3 heterocycles. The highest BCUT2D eigenvalue weighted by Gasteiger charge is 2.16. The van der Waals surface area contributed by atoms with Crippen LogP contribution >= 0.6 is 0 Å². The highest BCUT2D eigenvalue weighted by molar-refractivity contribution is 5.28. The minimum Gasteiger partial charge on any atom is -0.337 e.